The zero-order valence-electron chi connectivity index (χ0n) is 8.58. The van der Waals surface area contributed by atoms with Gasteiger partial charge >= 0.3 is 5.97 Å². The van der Waals surface area contributed by atoms with Crippen molar-refractivity contribution in [1.82, 2.24) is 0 Å². The normalized spacial score (nSPS) is 12.6. The standard InChI is InChI=1S/C10H18O3/c1-5-10(11)13-9(4)6-7-12-8(2)3/h5,8-9H,1,6-7H2,2-4H3. The predicted octanol–water partition coefficient (Wildman–Crippen LogP) is 1.92. The summed E-state index contributed by atoms with van der Waals surface area (Å²) in [4.78, 5) is 10.7. The average Bonchev–Trinajstić information content (AvgIpc) is 2.03. The van der Waals surface area contributed by atoms with Gasteiger partial charge in [0.05, 0.1) is 12.7 Å². The van der Waals surface area contributed by atoms with Gasteiger partial charge in [-0.1, -0.05) is 6.58 Å². The van der Waals surface area contributed by atoms with Crippen LogP contribution in [0.1, 0.15) is 27.2 Å². The molecular formula is C10H18O3. The molecule has 1 unspecified atom stereocenters. The van der Waals surface area contributed by atoms with E-state index in [9.17, 15) is 4.79 Å². The molecule has 0 N–H and O–H groups in total. The van der Waals surface area contributed by atoms with E-state index in [1.165, 1.54) is 6.08 Å². The number of esters is 1. The number of ether oxygens (including phenoxy) is 2. The molecule has 1 atom stereocenters. The Morgan fingerprint density at radius 2 is 2.08 bits per heavy atom. The highest BCUT2D eigenvalue weighted by molar-refractivity contribution is 5.81. The van der Waals surface area contributed by atoms with E-state index in [1.807, 2.05) is 20.8 Å². The first kappa shape index (κ1) is 12.2. The Kier molecular flexibility index (Phi) is 6.24. The number of carbonyl (C=O) groups is 1. The molecule has 3 heteroatoms. The van der Waals surface area contributed by atoms with E-state index < -0.39 is 0 Å². The molecule has 0 aliphatic rings. The van der Waals surface area contributed by atoms with Crippen molar-refractivity contribution in [3.63, 3.8) is 0 Å². The van der Waals surface area contributed by atoms with Gasteiger partial charge in [-0.05, 0) is 20.8 Å². The number of hydrogen-bond donors (Lipinski definition) is 0. The third-order valence-electron chi connectivity index (χ3n) is 1.46. The highest BCUT2D eigenvalue weighted by Crippen LogP contribution is 2.00. The molecule has 0 saturated carbocycles. The van der Waals surface area contributed by atoms with E-state index in [0.29, 0.717) is 6.61 Å². The predicted molar refractivity (Wildman–Crippen MR) is 51.5 cm³/mol. The Morgan fingerprint density at radius 3 is 2.54 bits per heavy atom. The second-order valence-corrected chi connectivity index (χ2v) is 3.16. The quantitative estimate of drug-likeness (QED) is 0.469. The molecule has 76 valence electrons. The van der Waals surface area contributed by atoms with Gasteiger partial charge in [0.25, 0.3) is 0 Å². The van der Waals surface area contributed by atoms with Crippen molar-refractivity contribution in [2.75, 3.05) is 6.61 Å². The lowest BCUT2D eigenvalue weighted by Crippen LogP contribution is -2.16. The van der Waals surface area contributed by atoms with Gasteiger partial charge in [-0.15, -0.1) is 0 Å². The second-order valence-electron chi connectivity index (χ2n) is 3.16. The molecule has 0 radical (unpaired) electrons. The summed E-state index contributed by atoms with van der Waals surface area (Å²) in [6.45, 7) is 9.71. The van der Waals surface area contributed by atoms with E-state index in [0.717, 1.165) is 6.42 Å². The fourth-order valence-corrected chi connectivity index (χ4v) is 0.775. The summed E-state index contributed by atoms with van der Waals surface area (Å²) in [6, 6.07) is 0. The molecule has 0 heterocycles. The van der Waals surface area contributed by atoms with Crippen LogP contribution in [0.25, 0.3) is 0 Å². The monoisotopic (exact) mass is 186 g/mol. The van der Waals surface area contributed by atoms with Crippen molar-refractivity contribution in [3.8, 4) is 0 Å². The molecule has 0 rings (SSSR count). The van der Waals surface area contributed by atoms with Gasteiger partial charge in [-0.25, -0.2) is 4.79 Å². The Hall–Kier alpha value is -0.830. The highest BCUT2D eigenvalue weighted by Gasteiger charge is 2.06. The number of hydrogen-bond acceptors (Lipinski definition) is 3. The number of carbonyl (C=O) groups excluding carboxylic acids is 1. The number of rotatable bonds is 6. The van der Waals surface area contributed by atoms with Crippen LogP contribution in [0.3, 0.4) is 0 Å². The van der Waals surface area contributed by atoms with Crippen LogP contribution in [-0.4, -0.2) is 24.8 Å². The minimum Gasteiger partial charge on any atom is -0.459 e. The van der Waals surface area contributed by atoms with Crippen molar-refractivity contribution in [2.45, 2.75) is 39.4 Å². The molecule has 0 spiro atoms. The Balaban J connectivity index is 3.45. The molecule has 3 nitrogen and oxygen atoms in total. The Labute approximate surface area is 79.7 Å². The van der Waals surface area contributed by atoms with E-state index >= 15 is 0 Å². The molecule has 13 heavy (non-hydrogen) atoms. The minimum absolute atomic E-state index is 0.107. The first-order valence-corrected chi connectivity index (χ1v) is 4.51. The lowest BCUT2D eigenvalue weighted by Gasteiger charge is -2.13. The van der Waals surface area contributed by atoms with E-state index in [1.54, 1.807) is 0 Å². The summed E-state index contributed by atoms with van der Waals surface area (Å²) in [5, 5.41) is 0. The Bertz CT molecular complexity index is 164. The summed E-state index contributed by atoms with van der Waals surface area (Å²) in [5.41, 5.74) is 0. The summed E-state index contributed by atoms with van der Waals surface area (Å²) in [5.74, 6) is -0.378. The van der Waals surface area contributed by atoms with E-state index in [4.69, 9.17) is 9.47 Å². The first-order chi connectivity index (χ1) is 6.06. The maximum atomic E-state index is 10.7. The van der Waals surface area contributed by atoms with Crippen LogP contribution in [0.4, 0.5) is 0 Å². The summed E-state index contributed by atoms with van der Waals surface area (Å²) >= 11 is 0. The highest BCUT2D eigenvalue weighted by atomic mass is 16.5. The molecule has 0 aliphatic carbocycles. The molecule has 0 bridgehead atoms. The topological polar surface area (TPSA) is 35.5 Å². The fourth-order valence-electron chi connectivity index (χ4n) is 0.775. The lowest BCUT2D eigenvalue weighted by atomic mass is 10.3. The summed E-state index contributed by atoms with van der Waals surface area (Å²) in [6.07, 6.45) is 2.00. The fraction of sp³-hybridized carbons (Fsp3) is 0.700. The minimum atomic E-state index is -0.378. The smallest absolute Gasteiger partial charge is 0.330 e. The van der Waals surface area contributed by atoms with Crippen molar-refractivity contribution < 1.29 is 14.3 Å². The maximum Gasteiger partial charge on any atom is 0.330 e. The molecule has 0 aromatic heterocycles. The third kappa shape index (κ3) is 7.53. The van der Waals surface area contributed by atoms with Gasteiger partial charge in [-0.3, -0.25) is 0 Å². The molecular weight excluding hydrogens is 168 g/mol. The van der Waals surface area contributed by atoms with Crippen LogP contribution < -0.4 is 0 Å². The van der Waals surface area contributed by atoms with Crippen LogP contribution in [0, 0.1) is 0 Å². The van der Waals surface area contributed by atoms with Gasteiger partial charge in [0.15, 0.2) is 0 Å². The molecule has 0 aromatic carbocycles. The van der Waals surface area contributed by atoms with E-state index in [2.05, 4.69) is 6.58 Å². The van der Waals surface area contributed by atoms with Gasteiger partial charge in [0.1, 0.15) is 6.10 Å². The van der Waals surface area contributed by atoms with Crippen LogP contribution in [0.5, 0.6) is 0 Å². The van der Waals surface area contributed by atoms with Crippen molar-refractivity contribution in [3.05, 3.63) is 12.7 Å². The lowest BCUT2D eigenvalue weighted by molar-refractivity contribution is -0.143. The second kappa shape index (κ2) is 6.66. The zero-order valence-corrected chi connectivity index (χ0v) is 8.58. The van der Waals surface area contributed by atoms with Gasteiger partial charge in [-0.2, -0.15) is 0 Å². The van der Waals surface area contributed by atoms with Crippen molar-refractivity contribution in [1.29, 1.82) is 0 Å². The van der Waals surface area contributed by atoms with Crippen LogP contribution in [0.2, 0.25) is 0 Å². The SMILES string of the molecule is C=CC(=O)OC(C)CCOC(C)C. The van der Waals surface area contributed by atoms with Crippen LogP contribution in [-0.2, 0) is 14.3 Å². The molecule has 0 aromatic rings. The van der Waals surface area contributed by atoms with Gasteiger partial charge < -0.3 is 9.47 Å². The summed E-state index contributed by atoms with van der Waals surface area (Å²) in [7, 11) is 0. The van der Waals surface area contributed by atoms with Crippen molar-refractivity contribution in [2.24, 2.45) is 0 Å². The summed E-state index contributed by atoms with van der Waals surface area (Å²) < 4.78 is 10.3. The van der Waals surface area contributed by atoms with Gasteiger partial charge in [0.2, 0.25) is 0 Å². The molecule has 0 aliphatic heterocycles. The molecule has 0 fully saturated rings. The Morgan fingerprint density at radius 1 is 1.46 bits per heavy atom. The molecule has 0 saturated heterocycles. The first-order valence-electron chi connectivity index (χ1n) is 4.51. The molecule has 0 amide bonds. The largest absolute Gasteiger partial charge is 0.459 e. The van der Waals surface area contributed by atoms with Gasteiger partial charge in [0, 0.05) is 12.5 Å². The van der Waals surface area contributed by atoms with Crippen molar-refractivity contribution >= 4 is 5.97 Å². The van der Waals surface area contributed by atoms with Crippen LogP contribution >= 0.6 is 0 Å². The zero-order chi connectivity index (χ0) is 10.3. The average molecular weight is 186 g/mol. The third-order valence-corrected chi connectivity index (χ3v) is 1.46. The van der Waals surface area contributed by atoms with Crippen LogP contribution in [0.15, 0.2) is 12.7 Å². The van der Waals surface area contributed by atoms with E-state index in [-0.39, 0.29) is 18.2 Å². The maximum absolute atomic E-state index is 10.7.